The highest BCUT2D eigenvalue weighted by Gasteiger charge is 2.42. The molecule has 2 atom stereocenters. The Morgan fingerprint density at radius 3 is 2.75 bits per heavy atom. The molecule has 1 fully saturated rings. The second-order valence-electron chi connectivity index (χ2n) is 6.53. The smallest absolute Gasteiger partial charge is 0.174 e. The summed E-state index contributed by atoms with van der Waals surface area (Å²) in [5.74, 6) is 0.637. The van der Waals surface area contributed by atoms with Crippen molar-refractivity contribution in [3.05, 3.63) is 77.3 Å². The summed E-state index contributed by atoms with van der Waals surface area (Å²) in [4.78, 5) is 6.69. The molecule has 0 bridgehead atoms. The number of ether oxygens (including phenoxy) is 1. The monoisotopic (exact) mass is 412 g/mol. The highest BCUT2D eigenvalue weighted by Crippen LogP contribution is 2.43. The minimum absolute atomic E-state index is 0.0539. The molecule has 0 radical (unpaired) electrons. The van der Waals surface area contributed by atoms with E-state index in [0.29, 0.717) is 15.9 Å². The topological polar surface area (TPSA) is 42.3 Å². The Kier molecular flexibility index (Phi) is 5.24. The van der Waals surface area contributed by atoms with Gasteiger partial charge in [-0.1, -0.05) is 17.7 Å². The zero-order valence-electron chi connectivity index (χ0n) is 15.7. The van der Waals surface area contributed by atoms with E-state index < -0.39 is 0 Å². The van der Waals surface area contributed by atoms with E-state index >= 15 is 0 Å². The molecule has 0 amide bonds. The van der Waals surface area contributed by atoms with Gasteiger partial charge in [-0.15, -0.1) is 0 Å². The van der Waals surface area contributed by atoms with Crippen LogP contribution in [0.25, 0.3) is 0 Å². The molecular weight excluding hydrogens is 392 g/mol. The number of halogens is 1. The van der Waals surface area contributed by atoms with Gasteiger partial charge in [0.25, 0.3) is 0 Å². The largest absolute Gasteiger partial charge is 0.495 e. The van der Waals surface area contributed by atoms with E-state index in [1.165, 1.54) is 0 Å². The van der Waals surface area contributed by atoms with E-state index in [0.717, 1.165) is 23.6 Å². The predicted molar refractivity (Wildman–Crippen MR) is 116 cm³/mol. The number of nitrogens with one attached hydrogen (secondary N) is 1. The lowest BCUT2D eigenvalue weighted by Gasteiger charge is -2.29. The van der Waals surface area contributed by atoms with Crippen LogP contribution >= 0.6 is 23.8 Å². The Hall–Kier alpha value is -2.57. The lowest BCUT2D eigenvalue weighted by atomic mass is 10.0. The van der Waals surface area contributed by atoms with Gasteiger partial charge >= 0.3 is 0 Å². The van der Waals surface area contributed by atoms with Gasteiger partial charge in [-0.2, -0.15) is 0 Å². The maximum Gasteiger partial charge on any atom is 0.174 e. The second-order valence-corrected chi connectivity index (χ2v) is 7.33. The maximum absolute atomic E-state index is 6.41. The van der Waals surface area contributed by atoms with Gasteiger partial charge < -0.3 is 19.5 Å². The first kappa shape index (κ1) is 18.8. The first-order chi connectivity index (χ1) is 13.6. The summed E-state index contributed by atoms with van der Waals surface area (Å²) >= 11 is 12.1. The van der Waals surface area contributed by atoms with Crippen LogP contribution in [0.5, 0.6) is 5.75 Å². The molecule has 0 saturated carbocycles. The molecule has 144 valence electrons. The van der Waals surface area contributed by atoms with Gasteiger partial charge in [-0.25, -0.2) is 0 Å². The Balaban J connectivity index is 1.84. The molecule has 7 heteroatoms. The first-order valence-corrected chi connectivity index (χ1v) is 9.92. The van der Waals surface area contributed by atoms with E-state index in [9.17, 15) is 0 Å². The molecule has 0 aliphatic carbocycles. The van der Waals surface area contributed by atoms with Crippen LogP contribution in [0.4, 0.5) is 5.69 Å². The van der Waals surface area contributed by atoms with Crippen molar-refractivity contribution >= 4 is 34.6 Å². The number of rotatable bonds is 5. The number of hydrogen-bond donors (Lipinski definition) is 1. The molecule has 1 aromatic carbocycles. The molecule has 3 aromatic rings. The van der Waals surface area contributed by atoms with Gasteiger partial charge in [-0.3, -0.25) is 4.98 Å². The molecule has 2 aromatic heterocycles. The standard InChI is InChI=1S/C21H21ClN4OS/c1-3-25-12-6-8-17(25)20-19(16-7-4-5-11-23-16)24-21(28)26(20)14-9-10-18(27-2)15(22)13-14/h4-13,19-20H,3H2,1-2H3,(H,24,28)/t19-,20+/m0/s1. The van der Waals surface area contributed by atoms with Crippen molar-refractivity contribution in [1.82, 2.24) is 14.9 Å². The fourth-order valence-corrected chi connectivity index (χ4v) is 4.32. The van der Waals surface area contributed by atoms with Crippen molar-refractivity contribution in [1.29, 1.82) is 0 Å². The third kappa shape index (κ3) is 3.23. The second kappa shape index (κ2) is 7.81. The molecule has 0 spiro atoms. The van der Waals surface area contributed by atoms with Gasteiger partial charge in [0.05, 0.1) is 23.9 Å². The van der Waals surface area contributed by atoms with E-state index in [1.54, 1.807) is 7.11 Å². The first-order valence-electron chi connectivity index (χ1n) is 9.13. The van der Waals surface area contributed by atoms with Gasteiger partial charge in [-0.05, 0) is 61.6 Å². The molecule has 1 aliphatic rings. The summed E-state index contributed by atoms with van der Waals surface area (Å²) in [5.41, 5.74) is 3.02. The summed E-state index contributed by atoms with van der Waals surface area (Å²) in [7, 11) is 1.61. The van der Waals surface area contributed by atoms with E-state index in [-0.39, 0.29) is 12.1 Å². The van der Waals surface area contributed by atoms with Crippen LogP contribution in [-0.2, 0) is 6.54 Å². The molecule has 4 rings (SSSR count). The minimum Gasteiger partial charge on any atom is -0.495 e. The Labute approximate surface area is 174 Å². The highest BCUT2D eigenvalue weighted by molar-refractivity contribution is 7.80. The lowest BCUT2D eigenvalue weighted by molar-refractivity contribution is 0.415. The van der Waals surface area contributed by atoms with E-state index in [1.807, 2.05) is 42.6 Å². The Morgan fingerprint density at radius 2 is 2.07 bits per heavy atom. The van der Waals surface area contributed by atoms with Crippen molar-refractivity contribution < 1.29 is 4.74 Å². The average Bonchev–Trinajstić information content (AvgIpc) is 3.32. The Morgan fingerprint density at radius 1 is 1.21 bits per heavy atom. The third-order valence-corrected chi connectivity index (χ3v) is 5.63. The quantitative estimate of drug-likeness (QED) is 0.613. The number of aromatic nitrogens is 2. The van der Waals surface area contributed by atoms with Gasteiger partial charge in [0.15, 0.2) is 5.11 Å². The molecule has 0 unspecified atom stereocenters. The fourth-order valence-electron chi connectivity index (χ4n) is 3.72. The number of nitrogens with zero attached hydrogens (tertiary/aromatic N) is 3. The van der Waals surface area contributed by atoms with Crippen molar-refractivity contribution in [2.24, 2.45) is 0 Å². The zero-order chi connectivity index (χ0) is 19.7. The van der Waals surface area contributed by atoms with Crippen LogP contribution in [0.3, 0.4) is 0 Å². The van der Waals surface area contributed by atoms with Crippen molar-refractivity contribution in [2.75, 3.05) is 12.0 Å². The van der Waals surface area contributed by atoms with Crippen LogP contribution in [0.1, 0.15) is 30.4 Å². The number of anilines is 1. The van der Waals surface area contributed by atoms with Crippen LogP contribution in [0, 0.1) is 0 Å². The molecular formula is C21H21ClN4OS. The van der Waals surface area contributed by atoms with Crippen molar-refractivity contribution in [2.45, 2.75) is 25.6 Å². The molecule has 1 saturated heterocycles. The normalized spacial score (nSPS) is 19.0. The summed E-state index contributed by atoms with van der Waals surface area (Å²) in [5, 5.41) is 4.66. The fraction of sp³-hybridized carbons (Fsp3) is 0.238. The van der Waals surface area contributed by atoms with Crippen LogP contribution < -0.4 is 15.0 Å². The third-order valence-electron chi connectivity index (χ3n) is 5.02. The minimum atomic E-state index is -0.0743. The number of hydrogen-bond acceptors (Lipinski definition) is 3. The van der Waals surface area contributed by atoms with Crippen LogP contribution in [0.2, 0.25) is 5.02 Å². The zero-order valence-corrected chi connectivity index (χ0v) is 17.2. The highest BCUT2D eigenvalue weighted by atomic mass is 35.5. The van der Waals surface area contributed by atoms with Gasteiger partial charge in [0.1, 0.15) is 11.8 Å². The molecule has 5 nitrogen and oxygen atoms in total. The van der Waals surface area contributed by atoms with Crippen LogP contribution in [0.15, 0.2) is 60.9 Å². The van der Waals surface area contributed by atoms with Crippen molar-refractivity contribution in [3.63, 3.8) is 0 Å². The number of pyridine rings is 1. The predicted octanol–water partition coefficient (Wildman–Crippen LogP) is 4.74. The van der Waals surface area contributed by atoms with Gasteiger partial charge in [0.2, 0.25) is 0 Å². The average molecular weight is 413 g/mol. The van der Waals surface area contributed by atoms with Crippen LogP contribution in [-0.4, -0.2) is 21.8 Å². The summed E-state index contributed by atoms with van der Waals surface area (Å²) < 4.78 is 7.53. The molecule has 1 N–H and O–H groups in total. The van der Waals surface area contributed by atoms with Gasteiger partial charge in [0, 0.05) is 30.3 Å². The molecule has 3 heterocycles. The number of methoxy groups -OCH3 is 1. The van der Waals surface area contributed by atoms with E-state index in [4.69, 9.17) is 28.6 Å². The van der Waals surface area contributed by atoms with Crippen molar-refractivity contribution in [3.8, 4) is 5.75 Å². The Bertz CT molecular complexity index is 991. The molecule has 1 aliphatic heterocycles. The SMILES string of the molecule is CCn1cccc1[C@@H]1[C@H](c2ccccn2)NC(=S)N1c1ccc(OC)c(Cl)c1. The number of benzene rings is 1. The lowest BCUT2D eigenvalue weighted by Crippen LogP contribution is -2.30. The summed E-state index contributed by atoms with van der Waals surface area (Å²) in [6, 6.07) is 15.7. The summed E-state index contributed by atoms with van der Waals surface area (Å²) in [6.45, 7) is 3.01. The number of aryl methyl sites for hydroxylation is 1. The van der Waals surface area contributed by atoms with E-state index in [2.05, 4.69) is 45.0 Å². The number of thiocarbonyl (C=S) groups is 1. The maximum atomic E-state index is 6.41. The molecule has 28 heavy (non-hydrogen) atoms. The summed E-state index contributed by atoms with van der Waals surface area (Å²) in [6.07, 6.45) is 3.90.